The second-order valence-electron chi connectivity index (χ2n) is 4.30. The number of hydrogen-bond donors (Lipinski definition) is 1. The van der Waals surface area contributed by atoms with Crippen molar-refractivity contribution in [2.75, 3.05) is 13.7 Å². The third kappa shape index (κ3) is 3.57. The summed E-state index contributed by atoms with van der Waals surface area (Å²) >= 11 is 0. The molecule has 0 amide bonds. The molecule has 86 valence electrons. The van der Waals surface area contributed by atoms with Gasteiger partial charge in [0.05, 0.1) is 7.11 Å². The first-order valence-electron chi connectivity index (χ1n) is 5.70. The molecule has 0 aromatic heterocycles. The molecule has 0 bridgehead atoms. The summed E-state index contributed by atoms with van der Waals surface area (Å²) in [5.41, 5.74) is 0.459. The lowest BCUT2D eigenvalue weighted by Gasteiger charge is -2.27. The van der Waals surface area contributed by atoms with Gasteiger partial charge in [-0.3, -0.25) is 0 Å². The molecular weight excluding hydrogens is 190 g/mol. The summed E-state index contributed by atoms with van der Waals surface area (Å²) in [7, 11) is 1.39. The molecule has 1 saturated carbocycles. The van der Waals surface area contributed by atoms with Crippen molar-refractivity contribution in [2.45, 2.75) is 39.0 Å². The molecule has 1 aliphatic carbocycles. The Bertz CT molecular complexity index is 230. The number of carbonyl (C=O) groups excluding carboxylic acids is 1. The standard InChI is InChI=1S/C12H21NO2/c1-3-12(7-4-5-8-12)10-13-9-6-11(14)15-2/h6,9,13H,3-5,7-8,10H2,1-2H3/b9-6+. The Labute approximate surface area is 91.9 Å². The van der Waals surface area contributed by atoms with Gasteiger partial charge in [0, 0.05) is 18.8 Å². The van der Waals surface area contributed by atoms with E-state index in [1.807, 2.05) is 0 Å². The van der Waals surface area contributed by atoms with Gasteiger partial charge in [-0.05, 0) is 24.7 Å². The van der Waals surface area contributed by atoms with Crippen LogP contribution in [0.3, 0.4) is 0 Å². The summed E-state index contributed by atoms with van der Waals surface area (Å²) in [5.74, 6) is -0.306. The highest BCUT2D eigenvalue weighted by Gasteiger charge is 2.31. The van der Waals surface area contributed by atoms with Gasteiger partial charge in [-0.1, -0.05) is 19.8 Å². The third-order valence-electron chi connectivity index (χ3n) is 3.43. The Balaban J connectivity index is 2.29. The maximum atomic E-state index is 10.8. The summed E-state index contributed by atoms with van der Waals surface area (Å²) in [4.78, 5) is 10.8. The van der Waals surface area contributed by atoms with E-state index in [1.165, 1.54) is 45.3 Å². The van der Waals surface area contributed by atoms with E-state index in [2.05, 4.69) is 17.0 Å². The SMILES string of the molecule is CCC1(CN/C=C/C(=O)OC)CCCC1. The Kier molecular flexibility index (Phi) is 4.66. The molecule has 3 heteroatoms. The zero-order valence-corrected chi connectivity index (χ0v) is 9.71. The minimum absolute atomic E-state index is 0.306. The molecule has 1 aliphatic rings. The van der Waals surface area contributed by atoms with E-state index in [4.69, 9.17) is 0 Å². The molecule has 0 aromatic rings. The summed E-state index contributed by atoms with van der Waals surface area (Å²) in [5, 5.41) is 3.20. The third-order valence-corrected chi connectivity index (χ3v) is 3.43. The van der Waals surface area contributed by atoms with E-state index in [9.17, 15) is 4.79 Å². The van der Waals surface area contributed by atoms with Gasteiger partial charge in [0.2, 0.25) is 0 Å². The fourth-order valence-corrected chi connectivity index (χ4v) is 2.25. The van der Waals surface area contributed by atoms with Crippen molar-refractivity contribution in [2.24, 2.45) is 5.41 Å². The first-order chi connectivity index (χ1) is 7.22. The second-order valence-corrected chi connectivity index (χ2v) is 4.30. The molecule has 0 saturated heterocycles. The van der Waals surface area contributed by atoms with Crippen LogP contribution in [-0.4, -0.2) is 19.6 Å². The number of nitrogens with one attached hydrogen (secondary N) is 1. The zero-order valence-electron chi connectivity index (χ0n) is 9.71. The first-order valence-corrected chi connectivity index (χ1v) is 5.70. The average Bonchev–Trinajstić information content (AvgIpc) is 2.73. The van der Waals surface area contributed by atoms with E-state index in [-0.39, 0.29) is 5.97 Å². The second kappa shape index (κ2) is 5.79. The highest BCUT2D eigenvalue weighted by Crippen LogP contribution is 2.40. The van der Waals surface area contributed by atoms with E-state index in [0.29, 0.717) is 5.41 Å². The van der Waals surface area contributed by atoms with Gasteiger partial charge in [-0.25, -0.2) is 4.79 Å². The molecule has 0 heterocycles. The average molecular weight is 211 g/mol. The molecular formula is C12H21NO2. The predicted octanol–water partition coefficient (Wildman–Crippen LogP) is 2.23. The van der Waals surface area contributed by atoms with Crippen molar-refractivity contribution in [3.05, 3.63) is 12.3 Å². The van der Waals surface area contributed by atoms with E-state index >= 15 is 0 Å². The summed E-state index contributed by atoms with van der Waals surface area (Å²) in [6, 6.07) is 0. The van der Waals surface area contributed by atoms with Gasteiger partial charge in [-0.2, -0.15) is 0 Å². The Morgan fingerprint density at radius 1 is 1.47 bits per heavy atom. The van der Waals surface area contributed by atoms with Crippen LogP contribution >= 0.6 is 0 Å². The van der Waals surface area contributed by atoms with E-state index < -0.39 is 0 Å². The predicted molar refractivity (Wildman–Crippen MR) is 60.4 cm³/mol. The van der Waals surface area contributed by atoms with Crippen LogP contribution in [0.25, 0.3) is 0 Å². The van der Waals surface area contributed by atoms with Crippen LogP contribution in [0.4, 0.5) is 0 Å². The van der Waals surface area contributed by atoms with Crippen LogP contribution < -0.4 is 5.32 Å². The number of carbonyl (C=O) groups is 1. The lowest BCUT2D eigenvalue weighted by atomic mass is 9.83. The first kappa shape index (κ1) is 12.1. The number of rotatable bonds is 5. The lowest BCUT2D eigenvalue weighted by Crippen LogP contribution is -2.28. The molecule has 0 unspecified atom stereocenters. The molecule has 1 rings (SSSR count). The fourth-order valence-electron chi connectivity index (χ4n) is 2.25. The summed E-state index contributed by atoms with van der Waals surface area (Å²) < 4.78 is 4.51. The topological polar surface area (TPSA) is 38.3 Å². The Morgan fingerprint density at radius 2 is 2.13 bits per heavy atom. The molecule has 0 spiro atoms. The lowest BCUT2D eigenvalue weighted by molar-refractivity contribution is -0.134. The van der Waals surface area contributed by atoms with E-state index in [1.54, 1.807) is 6.20 Å². The molecule has 0 aliphatic heterocycles. The van der Waals surface area contributed by atoms with Crippen LogP contribution in [0.15, 0.2) is 12.3 Å². The summed E-state index contributed by atoms with van der Waals surface area (Å²) in [6.07, 6.45) is 9.64. The largest absolute Gasteiger partial charge is 0.466 e. The van der Waals surface area contributed by atoms with Crippen molar-refractivity contribution in [3.8, 4) is 0 Å². The van der Waals surface area contributed by atoms with Crippen LogP contribution in [0.5, 0.6) is 0 Å². The number of ether oxygens (including phenoxy) is 1. The number of esters is 1. The fraction of sp³-hybridized carbons (Fsp3) is 0.750. The molecule has 3 nitrogen and oxygen atoms in total. The van der Waals surface area contributed by atoms with Gasteiger partial charge >= 0.3 is 5.97 Å². The molecule has 1 N–H and O–H groups in total. The van der Waals surface area contributed by atoms with Crippen LogP contribution in [0.1, 0.15) is 39.0 Å². The van der Waals surface area contributed by atoms with Gasteiger partial charge < -0.3 is 10.1 Å². The maximum absolute atomic E-state index is 10.8. The molecule has 0 radical (unpaired) electrons. The van der Waals surface area contributed by atoms with Crippen molar-refractivity contribution >= 4 is 5.97 Å². The minimum Gasteiger partial charge on any atom is -0.466 e. The highest BCUT2D eigenvalue weighted by atomic mass is 16.5. The molecule has 0 atom stereocenters. The smallest absolute Gasteiger partial charge is 0.331 e. The van der Waals surface area contributed by atoms with Gasteiger partial charge in [-0.15, -0.1) is 0 Å². The molecule has 15 heavy (non-hydrogen) atoms. The normalized spacial score (nSPS) is 19.3. The number of methoxy groups -OCH3 is 1. The summed E-state index contributed by atoms with van der Waals surface area (Å²) in [6.45, 7) is 3.22. The van der Waals surface area contributed by atoms with E-state index in [0.717, 1.165) is 6.54 Å². The van der Waals surface area contributed by atoms with Crippen molar-refractivity contribution in [1.82, 2.24) is 5.32 Å². The van der Waals surface area contributed by atoms with Crippen molar-refractivity contribution in [3.63, 3.8) is 0 Å². The highest BCUT2D eigenvalue weighted by molar-refractivity contribution is 5.81. The van der Waals surface area contributed by atoms with Crippen LogP contribution in [0, 0.1) is 5.41 Å². The molecule has 1 fully saturated rings. The van der Waals surface area contributed by atoms with Crippen molar-refractivity contribution in [1.29, 1.82) is 0 Å². The molecule has 0 aromatic carbocycles. The van der Waals surface area contributed by atoms with Gasteiger partial charge in [0.1, 0.15) is 0 Å². The monoisotopic (exact) mass is 211 g/mol. The van der Waals surface area contributed by atoms with Crippen LogP contribution in [-0.2, 0) is 9.53 Å². The Morgan fingerprint density at radius 3 is 2.67 bits per heavy atom. The van der Waals surface area contributed by atoms with Crippen molar-refractivity contribution < 1.29 is 9.53 Å². The zero-order chi connectivity index (χ0) is 11.1. The van der Waals surface area contributed by atoms with Crippen LogP contribution in [0.2, 0.25) is 0 Å². The number of hydrogen-bond acceptors (Lipinski definition) is 3. The maximum Gasteiger partial charge on any atom is 0.331 e. The quantitative estimate of drug-likeness (QED) is 0.560. The van der Waals surface area contributed by atoms with Gasteiger partial charge in [0.15, 0.2) is 0 Å². The minimum atomic E-state index is -0.306. The van der Waals surface area contributed by atoms with Gasteiger partial charge in [0.25, 0.3) is 0 Å². The Hall–Kier alpha value is -0.990.